The van der Waals surface area contributed by atoms with E-state index in [0.717, 1.165) is 23.8 Å². The van der Waals surface area contributed by atoms with Crippen LogP contribution in [0.5, 0.6) is 0 Å². The van der Waals surface area contributed by atoms with Crippen molar-refractivity contribution in [1.82, 2.24) is 4.98 Å². The monoisotopic (exact) mass is 308 g/mol. The van der Waals surface area contributed by atoms with Gasteiger partial charge in [0, 0.05) is 18.3 Å². The molecule has 0 atom stereocenters. The quantitative estimate of drug-likeness (QED) is 0.502. The molecule has 2 rings (SSSR count). The highest BCUT2D eigenvalue weighted by Gasteiger charge is 2.20. The number of anilines is 2. The lowest BCUT2D eigenvalue weighted by Crippen LogP contribution is -2.15. The summed E-state index contributed by atoms with van der Waals surface area (Å²) in [4.78, 5) is 13.6. The van der Waals surface area contributed by atoms with Gasteiger partial charge in [-0.3, -0.25) is 14.8 Å². The number of rotatable bonds is 4. The van der Waals surface area contributed by atoms with Crippen LogP contribution in [0.1, 0.15) is 5.56 Å². The number of nitro benzene ring substituents is 1. The molecule has 110 valence electrons. The SMILES string of the molecule is Cc1ccc(NS(=O)(=O)c2ccc([N+](=O)[O-])cc2N)nc1. The molecule has 1 aromatic carbocycles. The van der Waals surface area contributed by atoms with E-state index >= 15 is 0 Å². The van der Waals surface area contributed by atoms with Crippen LogP contribution in [0.2, 0.25) is 0 Å². The van der Waals surface area contributed by atoms with Crippen molar-refractivity contribution in [3.05, 3.63) is 52.2 Å². The van der Waals surface area contributed by atoms with Crippen LogP contribution in [0.25, 0.3) is 0 Å². The zero-order valence-corrected chi connectivity index (χ0v) is 11.8. The number of nitro groups is 1. The molecule has 8 nitrogen and oxygen atoms in total. The maximum absolute atomic E-state index is 12.2. The van der Waals surface area contributed by atoms with Gasteiger partial charge in [-0.05, 0) is 24.6 Å². The Morgan fingerprint density at radius 2 is 2.00 bits per heavy atom. The summed E-state index contributed by atoms with van der Waals surface area (Å²) in [6.07, 6.45) is 1.51. The predicted molar refractivity (Wildman–Crippen MR) is 77.3 cm³/mol. The summed E-state index contributed by atoms with van der Waals surface area (Å²) in [6, 6.07) is 6.37. The Balaban J connectivity index is 2.35. The summed E-state index contributed by atoms with van der Waals surface area (Å²) in [5, 5.41) is 10.6. The molecule has 0 unspecified atom stereocenters. The normalized spacial score (nSPS) is 11.1. The molecule has 0 spiro atoms. The van der Waals surface area contributed by atoms with E-state index in [1.54, 1.807) is 6.07 Å². The first kappa shape index (κ1) is 14.7. The van der Waals surface area contributed by atoms with Gasteiger partial charge in [0.05, 0.1) is 10.6 Å². The molecule has 1 aromatic heterocycles. The molecule has 0 saturated heterocycles. The van der Waals surface area contributed by atoms with Gasteiger partial charge in [-0.1, -0.05) is 6.07 Å². The molecule has 0 aliphatic heterocycles. The molecule has 0 fully saturated rings. The zero-order valence-electron chi connectivity index (χ0n) is 11.0. The van der Waals surface area contributed by atoms with E-state index in [0.29, 0.717) is 0 Å². The van der Waals surface area contributed by atoms with Crippen LogP contribution < -0.4 is 10.5 Å². The molecule has 0 aliphatic carbocycles. The van der Waals surface area contributed by atoms with Crippen molar-refractivity contribution in [2.24, 2.45) is 0 Å². The van der Waals surface area contributed by atoms with Crippen molar-refractivity contribution in [2.45, 2.75) is 11.8 Å². The summed E-state index contributed by atoms with van der Waals surface area (Å²) < 4.78 is 26.6. The molecule has 0 bridgehead atoms. The lowest BCUT2D eigenvalue weighted by Gasteiger charge is -2.09. The highest BCUT2D eigenvalue weighted by atomic mass is 32.2. The Morgan fingerprint density at radius 1 is 1.29 bits per heavy atom. The fourth-order valence-electron chi connectivity index (χ4n) is 1.61. The molecular weight excluding hydrogens is 296 g/mol. The number of aromatic nitrogens is 1. The van der Waals surface area contributed by atoms with Crippen molar-refractivity contribution in [3.8, 4) is 0 Å². The standard InChI is InChI=1S/C12H12N4O4S/c1-8-2-5-12(14-7-8)15-21(19,20)11-4-3-9(16(17)18)6-10(11)13/h2-7H,13H2,1H3,(H,14,15). The van der Waals surface area contributed by atoms with Crippen LogP contribution in [-0.4, -0.2) is 18.3 Å². The van der Waals surface area contributed by atoms with Crippen LogP contribution in [0.4, 0.5) is 17.2 Å². The number of nitrogens with zero attached hydrogens (tertiary/aromatic N) is 2. The van der Waals surface area contributed by atoms with E-state index in [4.69, 9.17) is 5.73 Å². The lowest BCUT2D eigenvalue weighted by atomic mass is 10.3. The average molecular weight is 308 g/mol. The second-order valence-corrected chi connectivity index (χ2v) is 5.96. The molecule has 0 amide bonds. The summed E-state index contributed by atoms with van der Waals surface area (Å²) >= 11 is 0. The summed E-state index contributed by atoms with van der Waals surface area (Å²) in [5.41, 5.74) is 5.98. The number of non-ortho nitro benzene ring substituents is 1. The number of nitrogen functional groups attached to an aromatic ring is 1. The number of hydrogen-bond acceptors (Lipinski definition) is 6. The average Bonchev–Trinajstić information content (AvgIpc) is 2.40. The molecule has 2 aromatic rings. The van der Waals surface area contributed by atoms with Gasteiger partial charge in [0.1, 0.15) is 10.7 Å². The van der Waals surface area contributed by atoms with E-state index < -0.39 is 14.9 Å². The van der Waals surface area contributed by atoms with Gasteiger partial charge < -0.3 is 5.73 Å². The Hall–Kier alpha value is -2.68. The van der Waals surface area contributed by atoms with Crippen molar-refractivity contribution >= 4 is 27.2 Å². The Morgan fingerprint density at radius 3 is 2.52 bits per heavy atom. The Labute approximate surface area is 120 Å². The van der Waals surface area contributed by atoms with Crippen LogP contribution in [0, 0.1) is 17.0 Å². The van der Waals surface area contributed by atoms with Crippen molar-refractivity contribution in [1.29, 1.82) is 0 Å². The number of aryl methyl sites for hydroxylation is 1. The van der Waals surface area contributed by atoms with Gasteiger partial charge in [0.2, 0.25) is 0 Å². The largest absolute Gasteiger partial charge is 0.397 e. The van der Waals surface area contributed by atoms with E-state index in [1.807, 2.05) is 6.92 Å². The van der Waals surface area contributed by atoms with Crippen molar-refractivity contribution < 1.29 is 13.3 Å². The number of hydrogen-bond donors (Lipinski definition) is 2. The molecular formula is C12H12N4O4S. The fourth-order valence-corrected chi connectivity index (χ4v) is 2.74. The Bertz CT molecular complexity index is 787. The highest BCUT2D eigenvalue weighted by Crippen LogP contribution is 2.25. The Kier molecular flexibility index (Phi) is 3.76. The second-order valence-electron chi connectivity index (χ2n) is 4.31. The molecule has 21 heavy (non-hydrogen) atoms. The van der Waals surface area contributed by atoms with Gasteiger partial charge >= 0.3 is 0 Å². The molecule has 9 heteroatoms. The molecule has 0 saturated carbocycles. The summed E-state index contributed by atoms with van der Waals surface area (Å²) in [5.74, 6) is 0.137. The third kappa shape index (κ3) is 3.26. The van der Waals surface area contributed by atoms with E-state index in [2.05, 4.69) is 9.71 Å². The summed E-state index contributed by atoms with van der Waals surface area (Å²) in [6.45, 7) is 1.82. The number of sulfonamides is 1. The minimum atomic E-state index is -3.96. The lowest BCUT2D eigenvalue weighted by molar-refractivity contribution is -0.384. The maximum Gasteiger partial charge on any atom is 0.271 e. The van der Waals surface area contributed by atoms with Crippen LogP contribution >= 0.6 is 0 Å². The zero-order chi connectivity index (χ0) is 15.6. The predicted octanol–water partition coefficient (Wildman–Crippen LogP) is 1.68. The summed E-state index contributed by atoms with van der Waals surface area (Å²) in [7, 11) is -3.96. The molecule has 1 heterocycles. The van der Waals surface area contributed by atoms with Crippen molar-refractivity contribution in [2.75, 3.05) is 10.5 Å². The van der Waals surface area contributed by atoms with Crippen LogP contribution in [0.15, 0.2) is 41.4 Å². The van der Waals surface area contributed by atoms with E-state index in [9.17, 15) is 18.5 Å². The van der Waals surface area contributed by atoms with Crippen LogP contribution in [-0.2, 0) is 10.0 Å². The maximum atomic E-state index is 12.2. The molecule has 0 radical (unpaired) electrons. The van der Waals surface area contributed by atoms with E-state index in [1.165, 1.54) is 12.3 Å². The van der Waals surface area contributed by atoms with Gasteiger partial charge in [-0.15, -0.1) is 0 Å². The van der Waals surface area contributed by atoms with Gasteiger partial charge in [-0.25, -0.2) is 13.4 Å². The minimum Gasteiger partial charge on any atom is -0.397 e. The third-order valence-electron chi connectivity index (χ3n) is 2.64. The van der Waals surface area contributed by atoms with Crippen LogP contribution in [0.3, 0.4) is 0 Å². The number of benzene rings is 1. The third-order valence-corrected chi connectivity index (χ3v) is 4.07. The highest BCUT2D eigenvalue weighted by molar-refractivity contribution is 7.92. The number of nitrogens with two attached hydrogens (primary N) is 1. The van der Waals surface area contributed by atoms with Gasteiger partial charge in [-0.2, -0.15) is 0 Å². The first-order valence-corrected chi connectivity index (χ1v) is 7.27. The first-order valence-electron chi connectivity index (χ1n) is 5.79. The number of pyridine rings is 1. The minimum absolute atomic E-state index is 0.137. The fraction of sp³-hybridized carbons (Fsp3) is 0.0833. The molecule has 3 N–H and O–H groups in total. The molecule has 0 aliphatic rings. The van der Waals surface area contributed by atoms with Gasteiger partial charge in [0.15, 0.2) is 0 Å². The van der Waals surface area contributed by atoms with Gasteiger partial charge in [0.25, 0.3) is 15.7 Å². The number of nitrogens with one attached hydrogen (secondary N) is 1. The van der Waals surface area contributed by atoms with Crippen molar-refractivity contribution in [3.63, 3.8) is 0 Å². The van der Waals surface area contributed by atoms with E-state index in [-0.39, 0.29) is 22.1 Å². The smallest absolute Gasteiger partial charge is 0.271 e. The first-order chi connectivity index (χ1) is 9.79. The topological polar surface area (TPSA) is 128 Å². The second kappa shape index (κ2) is 5.37.